The number of nitrogens with zero attached hydrogens (tertiary/aromatic N) is 2. The van der Waals surface area contributed by atoms with E-state index in [4.69, 9.17) is 11.6 Å². The van der Waals surface area contributed by atoms with Gasteiger partial charge in [0.25, 0.3) is 5.91 Å². The van der Waals surface area contributed by atoms with Crippen molar-refractivity contribution in [3.63, 3.8) is 0 Å². The lowest BCUT2D eigenvalue weighted by Crippen LogP contribution is -2.22. The van der Waals surface area contributed by atoms with Crippen LogP contribution < -0.4 is 10.3 Å². The van der Waals surface area contributed by atoms with Gasteiger partial charge in [-0.15, -0.1) is 0 Å². The Balaban J connectivity index is 1.64. The van der Waals surface area contributed by atoms with Crippen LogP contribution in [0.15, 0.2) is 89.5 Å². The third-order valence-corrected chi connectivity index (χ3v) is 5.60. The summed E-state index contributed by atoms with van der Waals surface area (Å²) in [5.74, 6) is -0.135. The van der Waals surface area contributed by atoms with Gasteiger partial charge >= 0.3 is 0 Å². The Morgan fingerprint density at radius 2 is 1.59 bits per heavy atom. The molecule has 162 valence electrons. The number of benzene rings is 3. The molecule has 0 saturated carbocycles. The van der Waals surface area contributed by atoms with E-state index in [1.807, 2.05) is 60.7 Å². The van der Waals surface area contributed by atoms with Gasteiger partial charge in [0, 0.05) is 10.7 Å². The van der Waals surface area contributed by atoms with E-state index in [0.29, 0.717) is 22.9 Å². The monoisotopic (exact) mass is 443 g/mol. The number of hydrazone groups is 1. The molecule has 3 aromatic rings. The Bertz CT molecular complexity index is 1160. The number of hydrogen-bond donors (Lipinski definition) is 1. The van der Waals surface area contributed by atoms with Crippen LogP contribution >= 0.6 is 11.6 Å². The average Bonchev–Trinajstić information content (AvgIpc) is 3.09. The second-order valence-corrected chi connectivity index (χ2v) is 9.23. The van der Waals surface area contributed by atoms with Crippen molar-refractivity contribution in [2.24, 2.45) is 5.10 Å². The molecular formula is C27H26ClN3O. The van der Waals surface area contributed by atoms with Crippen LogP contribution in [0.4, 0.5) is 11.4 Å². The van der Waals surface area contributed by atoms with Crippen molar-refractivity contribution in [2.45, 2.75) is 26.2 Å². The molecule has 1 amide bonds. The van der Waals surface area contributed by atoms with Gasteiger partial charge in [-0.3, -0.25) is 4.79 Å². The zero-order chi connectivity index (χ0) is 22.7. The number of hydrogen-bond acceptors (Lipinski definition) is 3. The lowest BCUT2D eigenvalue weighted by atomic mass is 9.86. The Hall–Kier alpha value is -3.37. The second kappa shape index (κ2) is 9.01. The summed E-state index contributed by atoms with van der Waals surface area (Å²) >= 11 is 5.99. The van der Waals surface area contributed by atoms with Crippen molar-refractivity contribution in [1.29, 1.82) is 0 Å². The number of rotatable bonds is 5. The van der Waals surface area contributed by atoms with Gasteiger partial charge < -0.3 is 5.32 Å². The average molecular weight is 444 g/mol. The summed E-state index contributed by atoms with van der Waals surface area (Å²) in [5.41, 5.74) is 5.22. The molecule has 1 aliphatic rings. The highest BCUT2D eigenvalue weighted by atomic mass is 35.5. The third-order valence-electron chi connectivity index (χ3n) is 5.35. The van der Waals surface area contributed by atoms with E-state index < -0.39 is 0 Å². The Morgan fingerprint density at radius 3 is 2.22 bits per heavy atom. The van der Waals surface area contributed by atoms with Crippen LogP contribution in [0.5, 0.6) is 0 Å². The van der Waals surface area contributed by atoms with Gasteiger partial charge in [0.1, 0.15) is 0 Å². The molecule has 0 saturated heterocycles. The molecule has 5 heteroatoms. The van der Waals surface area contributed by atoms with Crippen molar-refractivity contribution >= 4 is 40.7 Å². The molecular weight excluding hydrogens is 418 g/mol. The highest BCUT2D eigenvalue weighted by Gasteiger charge is 2.31. The topological polar surface area (TPSA) is 44.7 Å². The summed E-state index contributed by atoms with van der Waals surface area (Å²) in [7, 11) is 0. The van der Waals surface area contributed by atoms with Crippen molar-refractivity contribution in [2.75, 3.05) is 16.9 Å². The maximum Gasteiger partial charge on any atom is 0.280 e. The largest absolute Gasteiger partial charge is 0.379 e. The zero-order valence-corrected chi connectivity index (χ0v) is 19.2. The molecule has 0 fully saturated rings. The zero-order valence-electron chi connectivity index (χ0n) is 18.5. The second-order valence-electron chi connectivity index (χ2n) is 8.79. The van der Waals surface area contributed by atoms with Crippen LogP contribution in [0, 0.1) is 0 Å². The molecule has 1 N–H and O–H groups in total. The molecule has 32 heavy (non-hydrogen) atoms. The minimum absolute atomic E-state index is 0.0775. The third kappa shape index (κ3) is 4.92. The number of para-hydroxylation sites is 1. The number of carbonyl (C=O) groups excluding carboxylic acids is 1. The predicted octanol–water partition coefficient (Wildman–Crippen LogP) is 6.54. The number of nitrogens with one attached hydrogen (secondary N) is 1. The van der Waals surface area contributed by atoms with E-state index >= 15 is 0 Å². The van der Waals surface area contributed by atoms with Crippen LogP contribution in [0.2, 0.25) is 5.02 Å². The van der Waals surface area contributed by atoms with Gasteiger partial charge in [-0.25, -0.2) is 0 Å². The molecule has 3 aromatic carbocycles. The predicted molar refractivity (Wildman–Crippen MR) is 134 cm³/mol. The SMILES string of the molecule is CC(C)(C)c1ccc(/C=C2/C(=O)N(c3ccccc3)N=C2CNc2ccc(Cl)cc2)cc1. The molecule has 0 bridgehead atoms. The fourth-order valence-corrected chi connectivity index (χ4v) is 3.60. The Morgan fingerprint density at radius 1 is 0.938 bits per heavy atom. The van der Waals surface area contributed by atoms with Crippen molar-refractivity contribution in [3.8, 4) is 0 Å². The number of carbonyl (C=O) groups is 1. The molecule has 0 unspecified atom stereocenters. The highest BCUT2D eigenvalue weighted by molar-refractivity contribution is 6.33. The van der Waals surface area contributed by atoms with E-state index in [1.165, 1.54) is 10.6 Å². The Labute approximate surface area is 194 Å². The van der Waals surface area contributed by atoms with Gasteiger partial charge in [0.05, 0.1) is 23.5 Å². The maximum atomic E-state index is 13.3. The first kappa shape index (κ1) is 21.8. The summed E-state index contributed by atoms with van der Waals surface area (Å²) in [4.78, 5) is 13.3. The van der Waals surface area contributed by atoms with Crippen molar-refractivity contribution < 1.29 is 4.79 Å². The molecule has 1 aliphatic heterocycles. The van der Waals surface area contributed by atoms with Gasteiger partial charge in [-0.1, -0.05) is 74.8 Å². The van der Waals surface area contributed by atoms with Crippen LogP contribution in [0.1, 0.15) is 31.9 Å². The minimum Gasteiger partial charge on any atom is -0.379 e. The molecule has 0 spiro atoms. The molecule has 0 aliphatic carbocycles. The summed E-state index contributed by atoms with van der Waals surface area (Å²) in [6.07, 6.45) is 1.92. The molecule has 1 heterocycles. The fourth-order valence-electron chi connectivity index (χ4n) is 3.48. The van der Waals surface area contributed by atoms with Crippen molar-refractivity contribution in [3.05, 3.63) is 101 Å². The van der Waals surface area contributed by atoms with E-state index in [0.717, 1.165) is 16.9 Å². The van der Waals surface area contributed by atoms with Crippen LogP contribution in [0.25, 0.3) is 6.08 Å². The van der Waals surface area contributed by atoms with E-state index in [9.17, 15) is 4.79 Å². The van der Waals surface area contributed by atoms with Gasteiger partial charge in [-0.05, 0) is 59.0 Å². The van der Waals surface area contributed by atoms with Gasteiger partial charge in [0.2, 0.25) is 0 Å². The Kier molecular flexibility index (Phi) is 6.15. The first-order valence-electron chi connectivity index (χ1n) is 10.6. The van der Waals surface area contributed by atoms with Gasteiger partial charge in [-0.2, -0.15) is 10.1 Å². The van der Waals surface area contributed by atoms with Gasteiger partial charge in [0.15, 0.2) is 0 Å². The molecule has 0 radical (unpaired) electrons. The highest BCUT2D eigenvalue weighted by Crippen LogP contribution is 2.27. The minimum atomic E-state index is -0.135. The number of halogens is 1. The summed E-state index contributed by atoms with van der Waals surface area (Å²) in [5, 5.41) is 10.1. The standard InChI is InChI=1S/C27H26ClN3O/c1-27(2,3)20-11-9-19(10-12-20)17-24-25(18-29-22-15-13-21(28)14-16-22)30-31(26(24)32)23-7-5-4-6-8-23/h4-17,29H,18H2,1-3H3/b24-17+. The number of anilines is 2. The first-order valence-corrected chi connectivity index (χ1v) is 11.0. The fraction of sp³-hybridized carbons (Fsp3) is 0.185. The smallest absolute Gasteiger partial charge is 0.280 e. The van der Waals surface area contributed by atoms with Crippen LogP contribution in [-0.4, -0.2) is 18.2 Å². The maximum absolute atomic E-state index is 13.3. The normalized spacial score (nSPS) is 15.2. The lowest BCUT2D eigenvalue weighted by Gasteiger charge is -2.18. The van der Waals surface area contributed by atoms with Crippen LogP contribution in [-0.2, 0) is 10.2 Å². The summed E-state index contributed by atoms with van der Waals surface area (Å²) in [6, 6.07) is 25.3. The lowest BCUT2D eigenvalue weighted by molar-refractivity contribution is -0.114. The van der Waals surface area contributed by atoms with E-state index in [-0.39, 0.29) is 11.3 Å². The van der Waals surface area contributed by atoms with Crippen molar-refractivity contribution in [1.82, 2.24) is 0 Å². The van der Waals surface area contributed by atoms with E-state index in [2.05, 4.69) is 55.5 Å². The number of amides is 1. The summed E-state index contributed by atoms with van der Waals surface area (Å²) in [6.45, 7) is 6.98. The first-order chi connectivity index (χ1) is 15.3. The molecule has 0 atom stereocenters. The van der Waals surface area contributed by atoms with E-state index in [1.54, 1.807) is 0 Å². The summed E-state index contributed by atoms with van der Waals surface area (Å²) < 4.78 is 0. The molecule has 0 aromatic heterocycles. The quantitative estimate of drug-likeness (QED) is 0.455. The molecule has 4 rings (SSSR count). The van der Waals surface area contributed by atoms with Crippen LogP contribution in [0.3, 0.4) is 0 Å². The molecule has 4 nitrogen and oxygen atoms in total.